The van der Waals surface area contributed by atoms with Gasteiger partial charge in [-0.05, 0) is 26.0 Å². The standard InChI is InChI=1S/C24H25F2N7O2/c1-13-9-16-21(26)18(10-17(25)22(16)31-13)35-24-20(14(2)34)23(29-12-30-24)32-19-4-3-15(11-28-19)33-7-5-27-6-8-33/h3-4,9-12,16,22,27,31H,5-8H2,1-2H3,(H,28,29,30,32). The molecule has 0 bridgehead atoms. The van der Waals surface area contributed by atoms with Crippen LogP contribution in [0.4, 0.5) is 26.1 Å². The van der Waals surface area contributed by atoms with Gasteiger partial charge in [0.2, 0.25) is 5.88 Å². The average molecular weight is 482 g/mol. The Morgan fingerprint density at radius 3 is 2.71 bits per heavy atom. The summed E-state index contributed by atoms with van der Waals surface area (Å²) in [6.07, 6.45) is 5.51. The molecule has 182 valence electrons. The molecule has 35 heavy (non-hydrogen) atoms. The number of ether oxygens (including phenoxy) is 1. The van der Waals surface area contributed by atoms with Crippen LogP contribution in [0.25, 0.3) is 0 Å². The SMILES string of the molecule is CC(=O)c1c(Nc2ccc(N3CCNCC3)cn2)ncnc1OC1=C(F)C2C=C(C)NC2C(F)=C1. The summed E-state index contributed by atoms with van der Waals surface area (Å²) in [7, 11) is 0. The molecule has 5 rings (SSSR count). The highest BCUT2D eigenvalue weighted by Gasteiger charge is 2.38. The smallest absolute Gasteiger partial charge is 0.235 e. The molecule has 2 unspecified atom stereocenters. The van der Waals surface area contributed by atoms with Crippen molar-refractivity contribution in [3.8, 4) is 5.88 Å². The Hall–Kier alpha value is -3.86. The predicted molar refractivity (Wildman–Crippen MR) is 127 cm³/mol. The van der Waals surface area contributed by atoms with Crippen LogP contribution in [0.2, 0.25) is 0 Å². The third-order valence-corrected chi connectivity index (χ3v) is 6.11. The fourth-order valence-electron chi connectivity index (χ4n) is 4.39. The molecule has 4 heterocycles. The van der Waals surface area contributed by atoms with Crippen LogP contribution in [-0.4, -0.2) is 53.0 Å². The van der Waals surface area contributed by atoms with E-state index in [0.29, 0.717) is 11.5 Å². The molecule has 2 aromatic rings. The van der Waals surface area contributed by atoms with Gasteiger partial charge in [0.15, 0.2) is 17.4 Å². The number of carbonyl (C=O) groups excluding carboxylic acids is 1. The summed E-state index contributed by atoms with van der Waals surface area (Å²) in [5, 5.41) is 9.22. The number of rotatable bonds is 6. The zero-order valence-electron chi connectivity index (χ0n) is 19.3. The Balaban J connectivity index is 1.40. The number of ketones is 1. The number of carbonyl (C=O) groups is 1. The average Bonchev–Trinajstić information content (AvgIpc) is 3.26. The number of pyridine rings is 1. The zero-order chi connectivity index (χ0) is 24.5. The molecular weight excluding hydrogens is 456 g/mol. The number of aromatic nitrogens is 3. The summed E-state index contributed by atoms with van der Waals surface area (Å²) in [6, 6.07) is 2.92. The summed E-state index contributed by atoms with van der Waals surface area (Å²) in [5.74, 6) is -2.33. The summed E-state index contributed by atoms with van der Waals surface area (Å²) >= 11 is 0. The minimum atomic E-state index is -0.825. The molecule has 0 amide bonds. The number of Topliss-reactive ketones (excluding diaryl/α,β-unsaturated/α-hetero) is 1. The van der Waals surface area contributed by atoms with E-state index in [0.717, 1.165) is 37.9 Å². The lowest BCUT2D eigenvalue weighted by Gasteiger charge is -2.29. The van der Waals surface area contributed by atoms with E-state index in [4.69, 9.17) is 4.74 Å². The van der Waals surface area contributed by atoms with Crippen molar-refractivity contribution in [3.05, 3.63) is 65.5 Å². The number of hydrogen-bond acceptors (Lipinski definition) is 9. The minimum Gasteiger partial charge on any atom is -0.435 e. The van der Waals surface area contributed by atoms with Gasteiger partial charge in [0.05, 0.1) is 23.8 Å². The Bertz CT molecular complexity index is 1240. The van der Waals surface area contributed by atoms with Crippen LogP contribution < -0.4 is 25.6 Å². The number of piperazine rings is 1. The van der Waals surface area contributed by atoms with Crippen LogP contribution in [0, 0.1) is 5.92 Å². The van der Waals surface area contributed by atoms with Crippen LogP contribution in [0.15, 0.2) is 59.9 Å². The van der Waals surface area contributed by atoms with Gasteiger partial charge in [0.1, 0.15) is 29.4 Å². The molecule has 0 radical (unpaired) electrons. The lowest BCUT2D eigenvalue weighted by Crippen LogP contribution is -2.43. The molecule has 1 saturated heterocycles. The molecule has 0 saturated carbocycles. The van der Waals surface area contributed by atoms with Gasteiger partial charge in [-0.3, -0.25) is 4.79 Å². The highest BCUT2D eigenvalue weighted by molar-refractivity contribution is 6.01. The number of fused-ring (bicyclic) bond motifs is 1. The lowest BCUT2D eigenvalue weighted by molar-refractivity contribution is 0.101. The molecule has 2 atom stereocenters. The summed E-state index contributed by atoms with van der Waals surface area (Å²) in [4.78, 5) is 27.3. The Kier molecular flexibility index (Phi) is 6.16. The van der Waals surface area contributed by atoms with E-state index in [2.05, 4.69) is 35.8 Å². The predicted octanol–water partition coefficient (Wildman–Crippen LogP) is 3.15. The third kappa shape index (κ3) is 4.59. The van der Waals surface area contributed by atoms with Crippen molar-refractivity contribution in [2.24, 2.45) is 5.92 Å². The Labute approximate surface area is 201 Å². The van der Waals surface area contributed by atoms with E-state index in [1.54, 1.807) is 25.3 Å². The fraction of sp³-hybridized carbons (Fsp3) is 0.333. The highest BCUT2D eigenvalue weighted by atomic mass is 19.1. The molecule has 3 aliphatic rings. The first kappa shape index (κ1) is 22.9. The molecule has 0 spiro atoms. The maximum absolute atomic E-state index is 15.1. The minimum absolute atomic E-state index is 0.00739. The molecule has 2 aromatic heterocycles. The van der Waals surface area contributed by atoms with Gasteiger partial charge in [0.25, 0.3) is 0 Å². The molecular formula is C24H25F2N7O2. The van der Waals surface area contributed by atoms with Gasteiger partial charge in [0, 0.05) is 38.0 Å². The maximum Gasteiger partial charge on any atom is 0.235 e. The van der Waals surface area contributed by atoms with Gasteiger partial charge >= 0.3 is 0 Å². The molecule has 2 aliphatic heterocycles. The largest absolute Gasteiger partial charge is 0.435 e. The van der Waals surface area contributed by atoms with E-state index >= 15 is 4.39 Å². The first-order chi connectivity index (χ1) is 16.9. The Morgan fingerprint density at radius 2 is 2.00 bits per heavy atom. The second-order valence-corrected chi connectivity index (χ2v) is 8.56. The van der Waals surface area contributed by atoms with Crippen molar-refractivity contribution in [3.63, 3.8) is 0 Å². The van der Waals surface area contributed by atoms with Crippen molar-refractivity contribution in [1.82, 2.24) is 25.6 Å². The zero-order valence-corrected chi connectivity index (χ0v) is 19.3. The fourth-order valence-corrected chi connectivity index (χ4v) is 4.39. The number of hydrogen-bond donors (Lipinski definition) is 3. The van der Waals surface area contributed by atoms with Gasteiger partial charge in [-0.15, -0.1) is 0 Å². The van der Waals surface area contributed by atoms with E-state index in [1.807, 2.05) is 6.07 Å². The van der Waals surface area contributed by atoms with Gasteiger partial charge < -0.3 is 25.6 Å². The number of allylic oxidation sites excluding steroid dienone is 2. The number of nitrogens with zero attached hydrogens (tertiary/aromatic N) is 4. The maximum atomic E-state index is 15.1. The van der Waals surface area contributed by atoms with E-state index < -0.39 is 29.4 Å². The van der Waals surface area contributed by atoms with E-state index in [9.17, 15) is 9.18 Å². The third-order valence-electron chi connectivity index (χ3n) is 6.11. The topological polar surface area (TPSA) is 104 Å². The first-order valence-electron chi connectivity index (χ1n) is 11.3. The Morgan fingerprint density at radius 1 is 1.20 bits per heavy atom. The number of nitrogens with one attached hydrogen (secondary N) is 3. The highest BCUT2D eigenvalue weighted by Crippen LogP contribution is 2.38. The van der Waals surface area contributed by atoms with Crippen molar-refractivity contribution in [2.45, 2.75) is 19.9 Å². The molecule has 9 nitrogen and oxygen atoms in total. The lowest BCUT2D eigenvalue weighted by atomic mass is 9.94. The number of anilines is 3. The van der Waals surface area contributed by atoms with Gasteiger partial charge in [-0.25, -0.2) is 23.7 Å². The summed E-state index contributed by atoms with van der Waals surface area (Å²) in [6.45, 7) is 6.67. The van der Waals surface area contributed by atoms with Crippen molar-refractivity contribution in [1.29, 1.82) is 0 Å². The van der Waals surface area contributed by atoms with Crippen LogP contribution in [-0.2, 0) is 0 Å². The van der Waals surface area contributed by atoms with Gasteiger partial charge in [-0.2, -0.15) is 0 Å². The van der Waals surface area contributed by atoms with Crippen LogP contribution in [0.1, 0.15) is 24.2 Å². The molecule has 1 aliphatic carbocycles. The summed E-state index contributed by atoms with van der Waals surface area (Å²) in [5.41, 5.74) is 1.68. The van der Waals surface area contributed by atoms with Crippen molar-refractivity contribution >= 4 is 23.1 Å². The first-order valence-corrected chi connectivity index (χ1v) is 11.3. The molecule has 11 heteroatoms. The van der Waals surface area contributed by atoms with E-state index in [1.165, 1.54) is 13.3 Å². The van der Waals surface area contributed by atoms with Crippen molar-refractivity contribution < 1.29 is 18.3 Å². The molecule has 3 N–H and O–H groups in total. The second-order valence-electron chi connectivity index (χ2n) is 8.56. The van der Waals surface area contributed by atoms with Crippen LogP contribution in [0.5, 0.6) is 5.88 Å². The molecule has 1 fully saturated rings. The quantitative estimate of drug-likeness (QED) is 0.537. The summed E-state index contributed by atoms with van der Waals surface area (Å²) < 4.78 is 35.3. The van der Waals surface area contributed by atoms with Gasteiger partial charge in [-0.1, -0.05) is 6.08 Å². The molecule has 0 aromatic carbocycles. The second kappa shape index (κ2) is 9.41. The monoisotopic (exact) mass is 481 g/mol. The van der Waals surface area contributed by atoms with Crippen LogP contribution >= 0.6 is 0 Å². The van der Waals surface area contributed by atoms with E-state index in [-0.39, 0.29) is 23.0 Å². The number of halogens is 2. The normalized spacial score (nSPS) is 21.7. The van der Waals surface area contributed by atoms with Crippen molar-refractivity contribution in [2.75, 3.05) is 36.4 Å². The van der Waals surface area contributed by atoms with Crippen LogP contribution in [0.3, 0.4) is 0 Å².